The minimum atomic E-state index is -3.28. The van der Waals surface area contributed by atoms with Crippen LogP contribution in [0.4, 0.5) is 0 Å². The van der Waals surface area contributed by atoms with Gasteiger partial charge in [0.2, 0.25) is 5.91 Å². The quantitative estimate of drug-likeness (QED) is 0.747. The van der Waals surface area contributed by atoms with Crippen molar-refractivity contribution < 1.29 is 22.8 Å². The Kier molecular flexibility index (Phi) is 5.33. The van der Waals surface area contributed by atoms with E-state index in [2.05, 4.69) is 5.32 Å². The molecular weight excluding hydrogens is 380 g/mol. The van der Waals surface area contributed by atoms with E-state index >= 15 is 0 Å². The van der Waals surface area contributed by atoms with Gasteiger partial charge in [0.15, 0.2) is 9.84 Å². The zero-order valence-electron chi connectivity index (χ0n) is 15.5. The first-order chi connectivity index (χ1) is 13.2. The van der Waals surface area contributed by atoms with Crippen LogP contribution in [0.1, 0.15) is 45.7 Å². The van der Waals surface area contributed by atoms with Crippen LogP contribution in [0, 0.1) is 0 Å². The molecule has 0 aromatic heterocycles. The third-order valence-corrected chi connectivity index (χ3v) is 5.75. The fourth-order valence-electron chi connectivity index (χ4n) is 3.06. The van der Waals surface area contributed by atoms with Crippen molar-refractivity contribution in [2.24, 2.45) is 0 Å². The number of rotatable bonds is 6. The number of fused-ring (bicyclic) bond motifs is 1. The normalized spacial score (nSPS) is 14.7. The molecule has 1 atom stereocenters. The van der Waals surface area contributed by atoms with Crippen molar-refractivity contribution in [3.63, 3.8) is 0 Å². The second-order valence-corrected chi connectivity index (χ2v) is 8.70. The topological polar surface area (TPSA) is 101 Å². The molecule has 0 fully saturated rings. The summed E-state index contributed by atoms with van der Waals surface area (Å²) in [6.45, 7) is 1.77. The molecule has 0 bridgehead atoms. The monoisotopic (exact) mass is 400 g/mol. The molecule has 3 amide bonds. The summed E-state index contributed by atoms with van der Waals surface area (Å²) in [5.74, 6) is -1.09. The Labute approximate surface area is 163 Å². The first-order valence-corrected chi connectivity index (χ1v) is 10.6. The van der Waals surface area contributed by atoms with Gasteiger partial charge in [-0.1, -0.05) is 24.3 Å². The van der Waals surface area contributed by atoms with Crippen LogP contribution in [-0.2, 0) is 14.6 Å². The lowest BCUT2D eigenvalue weighted by Gasteiger charge is -2.17. The van der Waals surface area contributed by atoms with Crippen LogP contribution in [0.3, 0.4) is 0 Å². The van der Waals surface area contributed by atoms with Gasteiger partial charge < -0.3 is 5.32 Å². The average molecular weight is 400 g/mol. The molecule has 28 heavy (non-hydrogen) atoms. The van der Waals surface area contributed by atoms with Gasteiger partial charge in [0.1, 0.15) is 0 Å². The van der Waals surface area contributed by atoms with Crippen molar-refractivity contribution in [1.82, 2.24) is 10.2 Å². The van der Waals surface area contributed by atoms with E-state index in [1.165, 1.54) is 12.1 Å². The zero-order chi connectivity index (χ0) is 20.5. The number of nitrogens with zero attached hydrogens (tertiary/aromatic N) is 1. The first-order valence-electron chi connectivity index (χ1n) is 8.73. The van der Waals surface area contributed by atoms with E-state index < -0.39 is 21.7 Å². The van der Waals surface area contributed by atoms with E-state index in [9.17, 15) is 22.8 Å². The van der Waals surface area contributed by atoms with Crippen molar-refractivity contribution in [3.05, 3.63) is 65.2 Å². The van der Waals surface area contributed by atoms with Crippen molar-refractivity contribution in [3.8, 4) is 0 Å². The molecule has 0 saturated carbocycles. The summed E-state index contributed by atoms with van der Waals surface area (Å²) in [6.07, 6.45) is 1.11. The number of hydrogen-bond donors (Lipinski definition) is 1. The second-order valence-electron chi connectivity index (χ2n) is 6.69. The summed E-state index contributed by atoms with van der Waals surface area (Å²) >= 11 is 0. The Morgan fingerprint density at radius 2 is 1.54 bits per heavy atom. The molecule has 0 saturated heterocycles. The molecule has 1 heterocycles. The summed E-state index contributed by atoms with van der Waals surface area (Å²) < 4.78 is 23.0. The predicted octanol–water partition coefficient (Wildman–Crippen LogP) is 1.95. The van der Waals surface area contributed by atoms with Gasteiger partial charge in [0, 0.05) is 19.2 Å². The van der Waals surface area contributed by atoms with Gasteiger partial charge >= 0.3 is 0 Å². The summed E-state index contributed by atoms with van der Waals surface area (Å²) in [5, 5.41) is 2.79. The maximum Gasteiger partial charge on any atom is 0.261 e. The number of imide groups is 1. The van der Waals surface area contributed by atoms with Gasteiger partial charge in [-0.3, -0.25) is 19.3 Å². The third-order valence-electron chi connectivity index (χ3n) is 4.63. The van der Waals surface area contributed by atoms with Gasteiger partial charge in [-0.15, -0.1) is 0 Å². The number of amides is 3. The van der Waals surface area contributed by atoms with E-state index in [1.54, 1.807) is 43.3 Å². The molecule has 3 rings (SSSR count). The standard InChI is InChI=1S/C20H20N2O5S/c1-13(14-7-9-15(10-8-14)28(2,26)27)21-18(23)11-12-22-19(24)16-5-3-4-6-17(16)20(22)25/h3-10,13H,11-12H2,1-2H3,(H,21,23). The lowest BCUT2D eigenvalue weighted by Crippen LogP contribution is -2.35. The van der Waals surface area contributed by atoms with Crippen LogP contribution in [0.25, 0.3) is 0 Å². The number of benzene rings is 2. The molecular formula is C20H20N2O5S. The van der Waals surface area contributed by atoms with Crippen LogP contribution < -0.4 is 5.32 Å². The number of carbonyl (C=O) groups is 3. The van der Waals surface area contributed by atoms with Gasteiger partial charge in [-0.25, -0.2) is 8.42 Å². The zero-order valence-corrected chi connectivity index (χ0v) is 16.3. The molecule has 2 aromatic carbocycles. The highest BCUT2D eigenvalue weighted by molar-refractivity contribution is 7.90. The highest BCUT2D eigenvalue weighted by atomic mass is 32.2. The number of sulfone groups is 1. The Morgan fingerprint density at radius 1 is 1.00 bits per heavy atom. The summed E-state index contributed by atoms with van der Waals surface area (Å²) in [4.78, 5) is 38.1. The van der Waals surface area contributed by atoms with E-state index in [0.717, 1.165) is 16.7 Å². The summed E-state index contributed by atoms with van der Waals surface area (Å²) in [5.41, 5.74) is 1.46. The van der Waals surface area contributed by atoms with Crippen LogP contribution >= 0.6 is 0 Å². The minimum Gasteiger partial charge on any atom is -0.350 e. The fraction of sp³-hybridized carbons (Fsp3) is 0.250. The lowest BCUT2D eigenvalue weighted by molar-refractivity contribution is -0.121. The Morgan fingerprint density at radius 3 is 2.04 bits per heavy atom. The molecule has 2 aromatic rings. The molecule has 1 aliphatic rings. The van der Waals surface area contributed by atoms with Crippen LogP contribution in [0.5, 0.6) is 0 Å². The van der Waals surface area contributed by atoms with Crippen LogP contribution in [0.15, 0.2) is 53.4 Å². The van der Waals surface area contributed by atoms with Crippen LogP contribution in [-0.4, -0.2) is 43.8 Å². The van der Waals surface area contributed by atoms with Crippen molar-refractivity contribution in [2.45, 2.75) is 24.3 Å². The van der Waals surface area contributed by atoms with Gasteiger partial charge in [0.05, 0.1) is 22.1 Å². The Hall–Kier alpha value is -3.00. The smallest absolute Gasteiger partial charge is 0.261 e. The number of nitrogens with one attached hydrogen (secondary N) is 1. The molecule has 146 valence electrons. The molecule has 0 spiro atoms. The first kappa shape index (κ1) is 19.8. The van der Waals surface area contributed by atoms with Crippen molar-refractivity contribution in [2.75, 3.05) is 12.8 Å². The SMILES string of the molecule is CC(NC(=O)CCN1C(=O)c2ccccc2C1=O)c1ccc(S(C)(=O)=O)cc1. The molecule has 0 radical (unpaired) electrons. The molecule has 1 unspecified atom stereocenters. The largest absolute Gasteiger partial charge is 0.350 e. The molecule has 7 nitrogen and oxygen atoms in total. The summed E-state index contributed by atoms with van der Waals surface area (Å²) in [7, 11) is -3.28. The molecule has 0 aliphatic carbocycles. The maximum absolute atomic E-state index is 12.3. The maximum atomic E-state index is 12.3. The molecule has 8 heteroatoms. The average Bonchev–Trinajstić information content (AvgIpc) is 2.90. The lowest BCUT2D eigenvalue weighted by atomic mass is 10.1. The van der Waals surface area contributed by atoms with Crippen molar-refractivity contribution in [1.29, 1.82) is 0 Å². The van der Waals surface area contributed by atoms with E-state index in [0.29, 0.717) is 11.1 Å². The van der Waals surface area contributed by atoms with Gasteiger partial charge in [-0.2, -0.15) is 0 Å². The predicted molar refractivity (Wildman–Crippen MR) is 103 cm³/mol. The second kappa shape index (κ2) is 7.55. The Bertz CT molecular complexity index is 1010. The third kappa shape index (κ3) is 3.96. The molecule has 1 aliphatic heterocycles. The van der Waals surface area contributed by atoms with E-state index in [4.69, 9.17) is 0 Å². The van der Waals surface area contributed by atoms with E-state index in [1.807, 2.05) is 0 Å². The highest BCUT2D eigenvalue weighted by Crippen LogP contribution is 2.22. The number of carbonyl (C=O) groups excluding carboxylic acids is 3. The van der Waals surface area contributed by atoms with Crippen molar-refractivity contribution >= 4 is 27.6 Å². The molecule has 1 N–H and O–H groups in total. The minimum absolute atomic E-state index is 0.00207. The summed E-state index contributed by atoms with van der Waals surface area (Å²) in [6, 6.07) is 12.5. The number of hydrogen-bond acceptors (Lipinski definition) is 5. The highest BCUT2D eigenvalue weighted by Gasteiger charge is 2.35. The van der Waals surface area contributed by atoms with E-state index in [-0.39, 0.29) is 29.8 Å². The fourth-order valence-corrected chi connectivity index (χ4v) is 3.69. The van der Waals surface area contributed by atoms with Gasteiger partial charge in [0.25, 0.3) is 11.8 Å². The van der Waals surface area contributed by atoms with Gasteiger partial charge in [-0.05, 0) is 36.8 Å². The Balaban J connectivity index is 1.58. The van der Waals surface area contributed by atoms with Crippen LogP contribution in [0.2, 0.25) is 0 Å².